The Morgan fingerprint density at radius 2 is 1.12 bits per heavy atom. The van der Waals surface area contributed by atoms with Crippen LogP contribution in [0, 0.1) is 0 Å². The van der Waals surface area contributed by atoms with E-state index in [2.05, 4.69) is 5.48 Å². The molecule has 0 spiro atoms. The van der Waals surface area contributed by atoms with E-state index in [0.29, 0.717) is 0 Å². The predicted octanol–water partition coefficient (Wildman–Crippen LogP) is 2.85. The summed E-state index contributed by atoms with van der Waals surface area (Å²) in [4.78, 5) is 5.66. The van der Waals surface area contributed by atoms with Gasteiger partial charge in [-0.15, -0.1) is 0 Å². The highest BCUT2D eigenvalue weighted by atomic mass is 16.7. The van der Waals surface area contributed by atoms with Crippen LogP contribution < -0.4 is 5.48 Å². The summed E-state index contributed by atoms with van der Waals surface area (Å²) in [6, 6.07) is 30.1. The summed E-state index contributed by atoms with van der Waals surface area (Å²) in [5, 5.41) is 18.7. The SMILES string of the molecule is OCC(O)CONC(c1ccccc1)(c1ccccc1)c1ccccc1. The lowest BCUT2D eigenvalue weighted by molar-refractivity contribution is -0.0587. The highest BCUT2D eigenvalue weighted by Crippen LogP contribution is 2.36. The lowest BCUT2D eigenvalue weighted by Gasteiger charge is -2.36. The Morgan fingerprint density at radius 1 is 0.731 bits per heavy atom. The minimum atomic E-state index is -0.942. The zero-order chi connectivity index (χ0) is 18.2. The van der Waals surface area contributed by atoms with E-state index in [1.54, 1.807) is 0 Å². The molecule has 0 aliphatic heterocycles. The van der Waals surface area contributed by atoms with Crippen molar-refractivity contribution < 1.29 is 15.1 Å². The minimum Gasteiger partial charge on any atom is -0.394 e. The van der Waals surface area contributed by atoms with Crippen molar-refractivity contribution >= 4 is 0 Å². The summed E-state index contributed by atoms with van der Waals surface area (Å²) >= 11 is 0. The zero-order valence-electron chi connectivity index (χ0n) is 14.5. The minimum absolute atomic E-state index is 0.0231. The summed E-state index contributed by atoms with van der Waals surface area (Å²) in [5.41, 5.74) is 5.46. The molecular weight excluding hydrogens is 326 g/mol. The monoisotopic (exact) mass is 349 g/mol. The smallest absolute Gasteiger partial charge is 0.118 e. The van der Waals surface area contributed by atoms with Gasteiger partial charge in [0.15, 0.2) is 0 Å². The summed E-state index contributed by atoms with van der Waals surface area (Å²) in [5.74, 6) is 0. The van der Waals surface area contributed by atoms with Gasteiger partial charge >= 0.3 is 0 Å². The molecule has 0 aliphatic rings. The van der Waals surface area contributed by atoms with Gasteiger partial charge in [0.05, 0.1) is 13.2 Å². The van der Waals surface area contributed by atoms with Gasteiger partial charge in [0.1, 0.15) is 11.6 Å². The molecule has 0 amide bonds. The van der Waals surface area contributed by atoms with Gasteiger partial charge < -0.3 is 10.2 Å². The van der Waals surface area contributed by atoms with Crippen LogP contribution in [0.3, 0.4) is 0 Å². The summed E-state index contributed by atoms with van der Waals surface area (Å²) in [6.45, 7) is -0.374. The maximum Gasteiger partial charge on any atom is 0.118 e. The van der Waals surface area contributed by atoms with Crippen LogP contribution in [0.4, 0.5) is 0 Å². The van der Waals surface area contributed by atoms with Crippen molar-refractivity contribution in [1.29, 1.82) is 0 Å². The number of hydroxylamine groups is 1. The highest BCUT2D eigenvalue weighted by molar-refractivity contribution is 5.48. The number of nitrogens with one attached hydrogen (secondary N) is 1. The quantitative estimate of drug-likeness (QED) is 0.432. The molecule has 134 valence electrons. The first kappa shape index (κ1) is 18.3. The van der Waals surface area contributed by atoms with Crippen molar-refractivity contribution in [1.82, 2.24) is 5.48 Å². The summed E-state index contributed by atoms with van der Waals surface area (Å²) in [7, 11) is 0. The molecule has 3 aromatic carbocycles. The average Bonchev–Trinajstić information content (AvgIpc) is 2.73. The molecule has 4 nitrogen and oxygen atoms in total. The molecule has 3 N–H and O–H groups in total. The number of hydrogen-bond donors (Lipinski definition) is 3. The van der Waals surface area contributed by atoms with E-state index < -0.39 is 11.6 Å². The third kappa shape index (κ3) is 3.84. The van der Waals surface area contributed by atoms with Crippen LogP contribution in [0.25, 0.3) is 0 Å². The number of aliphatic hydroxyl groups excluding tert-OH is 2. The molecule has 0 radical (unpaired) electrons. The van der Waals surface area contributed by atoms with E-state index in [0.717, 1.165) is 16.7 Å². The van der Waals surface area contributed by atoms with E-state index in [1.807, 2.05) is 91.0 Å². The van der Waals surface area contributed by atoms with E-state index >= 15 is 0 Å². The van der Waals surface area contributed by atoms with Gasteiger partial charge in [-0.25, -0.2) is 0 Å². The van der Waals surface area contributed by atoms with Gasteiger partial charge in [0, 0.05) is 0 Å². The summed E-state index contributed by atoms with van der Waals surface area (Å²) < 4.78 is 0. The maximum absolute atomic E-state index is 9.65. The van der Waals surface area contributed by atoms with Crippen molar-refractivity contribution in [2.75, 3.05) is 13.2 Å². The molecule has 0 aromatic heterocycles. The molecule has 4 heteroatoms. The number of aliphatic hydroxyl groups is 2. The van der Waals surface area contributed by atoms with Gasteiger partial charge in [0.2, 0.25) is 0 Å². The van der Waals surface area contributed by atoms with E-state index in [1.165, 1.54) is 0 Å². The number of rotatable bonds is 8. The normalized spacial score (nSPS) is 12.7. The molecule has 26 heavy (non-hydrogen) atoms. The van der Waals surface area contributed by atoms with Gasteiger partial charge in [-0.1, -0.05) is 91.0 Å². The molecule has 0 saturated carbocycles. The van der Waals surface area contributed by atoms with Crippen LogP contribution in [-0.4, -0.2) is 29.5 Å². The molecule has 1 unspecified atom stereocenters. The molecule has 0 heterocycles. The van der Waals surface area contributed by atoms with Crippen LogP contribution in [-0.2, 0) is 10.4 Å². The Labute approximate surface area is 153 Å². The molecule has 3 aromatic rings. The van der Waals surface area contributed by atoms with E-state index in [9.17, 15) is 5.11 Å². The maximum atomic E-state index is 9.65. The van der Waals surface area contributed by atoms with Gasteiger partial charge in [-0.3, -0.25) is 4.84 Å². The molecule has 0 bridgehead atoms. The Kier molecular flexibility index (Phi) is 6.15. The van der Waals surface area contributed by atoms with Crippen molar-refractivity contribution in [2.45, 2.75) is 11.6 Å². The molecule has 1 atom stereocenters. The number of benzene rings is 3. The van der Waals surface area contributed by atoms with Crippen LogP contribution in [0.1, 0.15) is 16.7 Å². The molecule has 0 saturated heterocycles. The van der Waals surface area contributed by atoms with Crippen molar-refractivity contribution in [2.24, 2.45) is 0 Å². The summed E-state index contributed by atoms with van der Waals surface area (Å²) in [6.07, 6.45) is -0.942. The Bertz CT molecular complexity index is 682. The Hall–Kier alpha value is -2.50. The van der Waals surface area contributed by atoms with Gasteiger partial charge in [-0.2, -0.15) is 5.48 Å². The van der Waals surface area contributed by atoms with Crippen molar-refractivity contribution in [3.8, 4) is 0 Å². The third-order valence-corrected chi connectivity index (χ3v) is 4.33. The van der Waals surface area contributed by atoms with Crippen molar-refractivity contribution in [3.63, 3.8) is 0 Å². The van der Waals surface area contributed by atoms with Crippen LogP contribution >= 0.6 is 0 Å². The van der Waals surface area contributed by atoms with Crippen LogP contribution in [0.5, 0.6) is 0 Å². The second-order valence-corrected chi connectivity index (χ2v) is 6.10. The van der Waals surface area contributed by atoms with Crippen LogP contribution in [0.15, 0.2) is 91.0 Å². The molecular formula is C22H23NO3. The second kappa shape index (κ2) is 8.74. The predicted molar refractivity (Wildman–Crippen MR) is 101 cm³/mol. The lowest BCUT2D eigenvalue weighted by atomic mass is 9.78. The lowest BCUT2D eigenvalue weighted by Crippen LogP contribution is -2.45. The largest absolute Gasteiger partial charge is 0.394 e. The van der Waals surface area contributed by atoms with Gasteiger partial charge in [-0.05, 0) is 16.7 Å². The first-order chi connectivity index (χ1) is 12.8. The van der Waals surface area contributed by atoms with Gasteiger partial charge in [0.25, 0.3) is 0 Å². The second-order valence-electron chi connectivity index (χ2n) is 6.10. The third-order valence-electron chi connectivity index (χ3n) is 4.33. The fraction of sp³-hybridized carbons (Fsp3) is 0.182. The van der Waals surface area contributed by atoms with Crippen LogP contribution in [0.2, 0.25) is 0 Å². The number of hydrogen-bond acceptors (Lipinski definition) is 4. The Morgan fingerprint density at radius 3 is 1.46 bits per heavy atom. The first-order valence-electron chi connectivity index (χ1n) is 8.62. The van der Waals surface area contributed by atoms with Crippen molar-refractivity contribution in [3.05, 3.63) is 108 Å². The fourth-order valence-electron chi connectivity index (χ4n) is 3.04. The van der Waals surface area contributed by atoms with E-state index in [-0.39, 0.29) is 13.2 Å². The molecule has 0 aliphatic carbocycles. The first-order valence-corrected chi connectivity index (χ1v) is 8.62. The average molecular weight is 349 g/mol. The topological polar surface area (TPSA) is 61.7 Å². The molecule has 3 rings (SSSR count). The standard InChI is InChI=1S/C22H23NO3/c24-16-21(25)17-26-23-22(18-10-4-1-5-11-18,19-12-6-2-7-13-19)20-14-8-3-9-15-20/h1-15,21,23-25H,16-17H2. The highest BCUT2D eigenvalue weighted by Gasteiger charge is 2.36. The van der Waals surface area contributed by atoms with E-state index in [4.69, 9.17) is 9.94 Å². The zero-order valence-corrected chi connectivity index (χ0v) is 14.5. The Balaban J connectivity index is 2.11. The molecule has 0 fully saturated rings. The fourth-order valence-corrected chi connectivity index (χ4v) is 3.04.